The number of hydrogen-bond donors (Lipinski definition) is 3. The van der Waals surface area contributed by atoms with Gasteiger partial charge in [-0.15, -0.1) is 0 Å². The Morgan fingerprint density at radius 3 is 2.76 bits per heavy atom. The minimum Gasteiger partial charge on any atom is -0.353 e. The first kappa shape index (κ1) is 13.9. The molecule has 1 heterocycles. The molecule has 1 rings (SSSR count). The smallest absolute Gasteiger partial charge is 0.251 e. The lowest BCUT2D eigenvalue weighted by atomic mass is 9.97. The molecule has 17 heavy (non-hydrogen) atoms. The van der Waals surface area contributed by atoms with Crippen LogP contribution in [-0.2, 0) is 9.59 Å². The largest absolute Gasteiger partial charge is 0.353 e. The number of piperazine rings is 1. The zero-order valence-electron chi connectivity index (χ0n) is 10.7. The van der Waals surface area contributed by atoms with Crippen LogP contribution in [-0.4, -0.2) is 41.9 Å². The lowest BCUT2D eigenvalue weighted by molar-refractivity contribution is -0.137. The van der Waals surface area contributed by atoms with E-state index in [-0.39, 0.29) is 29.8 Å². The highest BCUT2D eigenvalue weighted by Gasteiger charge is 2.37. The van der Waals surface area contributed by atoms with Crippen molar-refractivity contribution in [3.05, 3.63) is 0 Å². The number of carbonyl (C=O) groups is 2. The van der Waals surface area contributed by atoms with Crippen LogP contribution in [0.5, 0.6) is 0 Å². The highest BCUT2D eigenvalue weighted by Crippen LogP contribution is 2.18. The second-order valence-corrected chi connectivity index (χ2v) is 4.65. The van der Waals surface area contributed by atoms with Crippen LogP contribution in [0.4, 0.5) is 0 Å². The topological polar surface area (TPSA) is 87.5 Å². The van der Waals surface area contributed by atoms with E-state index >= 15 is 0 Å². The summed E-state index contributed by atoms with van der Waals surface area (Å²) < 4.78 is 0. The van der Waals surface area contributed by atoms with Gasteiger partial charge in [0, 0.05) is 13.1 Å². The Bertz CT molecular complexity index is 293. The number of amides is 2. The van der Waals surface area contributed by atoms with E-state index in [2.05, 4.69) is 10.7 Å². The summed E-state index contributed by atoms with van der Waals surface area (Å²) in [4.78, 5) is 25.5. The first-order valence-electron chi connectivity index (χ1n) is 6.06. The molecule has 0 aromatic heterocycles. The van der Waals surface area contributed by atoms with Crippen LogP contribution in [0.15, 0.2) is 0 Å². The van der Waals surface area contributed by atoms with E-state index < -0.39 is 0 Å². The Morgan fingerprint density at radius 2 is 2.29 bits per heavy atom. The van der Waals surface area contributed by atoms with Crippen molar-refractivity contribution < 1.29 is 9.59 Å². The SMILES string of the molecule is CCC1C(=O)NCCN1C(C(=O)NN)C(C)C. The van der Waals surface area contributed by atoms with E-state index in [1.807, 2.05) is 25.7 Å². The van der Waals surface area contributed by atoms with Crippen molar-refractivity contribution >= 4 is 11.8 Å². The second kappa shape index (κ2) is 5.97. The molecule has 0 bridgehead atoms. The van der Waals surface area contributed by atoms with Gasteiger partial charge in [0.2, 0.25) is 5.91 Å². The summed E-state index contributed by atoms with van der Waals surface area (Å²) in [5.41, 5.74) is 2.19. The van der Waals surface area contributed by atoms with Gasteiger partial charge in [-0.3, -0.25) is 19.9 Å². The number of nitrogens with one attached hydrogen (secondary N) is 2. The summed E-state index contributed by atoms with van der Waals surface area (Å²) in [6.45, 7) is 7.12. The quantitative estimate of drug-likeness (QED) is 0.342. The Hall–Kier alpha value is -1.14. The fraction of sp³-hybridized carbons (Fsp3) is 0.818. The van der Waals surface area contributed by atoms with Gasteiger partial charge < -0.3 is 5.32 Å². The predicted octanol–water partition coefficient (Wildman–Crippen LogP) is -0.789. The molecule has 0 aromatic rings. The molecule has 98 valence electrons. The van der Waals surface area contributed by atoms with Crippen molar-refractivity contribution in [1.82, 2.24) is 15.6 Å². The van der Waals surface area contributed by atoms with Crippen molar-refractivity contribution in [2.24, 2.45) is 11.8 Å². The van der Waals surface area contributed by atoms with Crippen LogP contribution in [0.25, 0.3) is 0 Å². The van der Waals surface area contributed by atoms with Gasteiger partial charge in [-0.05, 0) is 12.3 Å². The number of nitrogens with zero attached hydrogens (tertiary/aromatic N) is 1. The standard InChI is InChI=1S/C11H22N4O2/c1-4-8-10(16)13-5-6-15(8)9(7(2)3)11(17)14-12/h7-9H,4-6,12H2,1-3H3,(H,13,16)(H,14,17). The van der Waals surface area contributed by atoms with Crippen molar-refractivity contribution in [1.29, 1.82) is 0 Å². The molecule has 6 heteroatoms. The average molecular weight is 242 g/mol. The van der Waals surface area contributed by atoms with Crippen LogP contribution in [0.3, 0.4) is 0 Å². The van der Waals surface area contributed by atoms with Gasteiger partial charge in [0.25, 0.3) is 5.91 Å². The summed E-state index contributed by atoms with van der Waals surface area (Å²) in [6.07, 6.45) is 0.687. The second-order valence-electron chi connectivity index (χ2n) is 4.65. The van der Waals surface area contributed by atoms with Crippen LogP contribution >= 0.6 is 0 Å². The highest BCUT2D eigenvalue weighted by atomic mass is 16.2. The summed E-state index contributed by atoms with van der Waals surface area (Å²) in [6, 6.07) is -0.593. The molecular weight excluding hydrogens is 220 g/mol. The van der Waals surface area contributed by atoms with Crippen LogP contribution < -0.4 is 16.6 Å². The predicted molar refractivity (Wildman–Crippen MR) is 64.8 cm³/mol. The maximum absolute atomic E-state index is 11.8. The molecule has 6 nitrogen and oxygen atoms in total. The van der Waals surface area contributed by atoms with Crippen molar-refractivity contribution in [3.8, 4) is 0 Å². The molecule has 2 unspecified atom stereocenters. The van der Waals surface area contributed by atoms with E-state index in [1.165, 1.54) is 0 Å². The summed E-state index contributed by atoms with van der Waals surface area (Å²) >= 11 is 0. The molecule has 0 radical (unpaired) electrons. The first-order valence-corrected chi connectivity index (χ1v) is 6.06. The zero-order chi connectivity index (χ0) is 13.0. The molecular formula is C11H22N4O2. The molecule has 0 saturated carbocycles. The van der Waals surface area contributed by atoms with Crippen LogP contribution in [0.1, 0.15) is 27.2 Å². The third-order valence-electron chi connectivity index (χ3n) is 3.16. The third-order valence-corrected chi connectivity index (χ3v) is 3.16. The first-order chi connectivity index (χ1) is 8.02. The maximum atomic E-state index is 11.8. The van der Waals surface area contributed by atoms with E-state index in [9.17, 15) is 9.59 Å². The molecule has 1 fully saturated rings. The molecule has 4 N–H and O–H groups in total. The normalized spacial score (nSPS) is 23.4. The number of nitrogens with two attached hydrogens (primary N) is 1. The fourth-order valence-electron chi connectivity index (χ4n) is 2.41. The van der Waals surface area contributed by atoms with Gasteiger partial charge in [0.1, 0.15) is 0 Å². The number of rotatable bonds is 4. The fourth-order valence-corrected chi connectivity index (χ4v) is 2.41. The zero-order valence-corrected chi connectivity index (χ0v) is 10.7. The number of hydrogen-bond acceptors (Lipinski definition) is 4. The Kier molecular flexibility index (Phi) is 4.89. The van der Waals surface area contributed by atoms with Crippen molar-refractivity contribution in [2.45, 2.75) is 39.3 Å². The van der Waals surface area contributed by atoms with Crippen molar-refractivity contribution in [3.63, 3.8) is 0 Å². The molecule has 1 aliphatic heterocycles. The molecule has 2 amide bonds. The van der Waals surface area contributed by atoms with Crippen molar-refractivity contribution in [2.75, 3.05) is 13.1 Å². The van der Waals surface area contributed by atoms with E-state index in [0.29, 0.717) is 19.5 Å². The van der Waals surface area contributed by atoms with Gasteiger partial charge in [0.05, 0.1) is 12.1 Å². The third kappa shape index (κ3) is 2.95. The van der Waals surface area contributed by atoms with E-state index in [1.54, 1.807) is 0 Å². The summed E-state index contributed by atoms with van der Waals surface area (Å²) in [7, 11) is 0. The van der Waals surface area contributed by atoms with E-state index in [4.69, 9.17) is 5.84 Å². The van der Waals surface area contributed by atoms with Gasteiger partial charge in [-0.25, -0.2) is 5.84 Å². The molecule has 1 saturated heterocycles. The molecule has 0 aromatic carbocycles. The molecule has 2 atom stereocenters. The van der Waals surface area contributed by atoms with Gasteiger partial charge in [-0.1, -0.05) is 20.8 Å². The van der Waals surface area contributed by atoms with Crippen LogP contribution in [0, 0.1) is 5.92 Å². The highest BCUT2D eigenvalue weighted by molar-refractivity contribution is 5.85. The number of carbonyl (C=O) groups excluding carboxylic acids is 2. The van der Waals surface area contributed by atoms with Gasteiger partial charge in [-0.2, -0.15) is 0 Å². The molecule has 1 aliphatic rings. The van der Waals surface area contributed by atoms with Gasteiger partial charge in [0.15, 0.2) is 0 Å². The average Bonchev–Trinajstić information content (AvgIpc) is 2.28. The minimum absolute atomic E-state index is 0.00535. The molecule has 0 aliphatic carbocycles. The van der Waals surface area contributed by atoms with Crippen LogP contribution in [0.2, 0.25) is 0 Å². The summed E-state index contributed by atoms with van der Waals surface area (Å²) in [5, 5.41) is 2.82. The monoisotopic (exact) mass is 242 g/mol. The van der Waals surface area contributed by atoms with Gasteiger partial charge >= 0.3 is 0 Å². The number of hydrazine groups is 1. The lowest BCUT2D eigenvalue weighted by Crippen LogP contribution is -2.63. The van der Waals surface area contributed by atoms with E-state index in [0.717, 1.165) is 0 Å². The Morgan fingerprint density at radius 1 is 1.65 bits per heavy atom. The Labute approximate surface area is 102 Å². The lowest BCUT2D eigenvalue weighted by Gasteiger charge is -2.40. The maximum Gasteiger partial charge on any atom is 0.251 e. The Balaban J connectivity index is 2.91. The molecule has 0 spiro atoms. The minimum atomic E-state index is -0.351. The summed E-state index contributed by atoms with van der Waals surface area (Å²) in [5.74, 6) is 5.09.